The Labute approximate surface area is 322 Å². The fourth-order valence-electron chi connectivity index (χ4n) is 6.70. The third kappa shape index (κ3) is 9.77. The number of nitrogens with one attached hydrogen (secondary N) is 3. The van der Waals surface area contributed by atoms with E-state index in [0.717, 1.165) is 25.9 Å². The molecule has 2 bridgehead atoms. The van der Waals surface area contributed by atoms with E-state index in [2.05, 4.69) is 20.5 Å². The maximum atomic E-state index is 13.8. The summed E-state index contributed by atoms with van der Waals surface area (Å²) in [7, 11) is 3.01. The van der Waals surface area contributed by atoms with E-state index in [-0.39, 0.29) is 23.6 Å². The van der Waals surface area contributed by atoms with Crippen LogP contribution in [0.2, 0.25) is 10.0 Å². The molecule has 2 unspecified atom stereocenters. The first kappa shape index (κ1) is 40.2. The van der Waals surface area contributed by atoms with E-state index >= 15 is 0 Å². The van der Waals surface area contributed by atoms with Crippen LogP contribution in [0.5, 0.6) is 11.5 Å². The molecule has 0 radical (unpaired) electrons. The predicted octanol–water partition coefficient (Wildman–Crippen LogP) is 5.83. The molecule has 7 rings (SSSR count). The van der Waals surface area contributed by atoms with Crippen LogP contribution in [0, 0.1) is 11.7 Å². The number of carbonyl (C=O) groups excluding carboxylic acids is 3. The molecule has 1 amide bonds. The summed E-state index contributed by atoms with van der Waals surface area (Å²) in [5.41, 5.74) is 2.32. The van der Waals surface area contributed by atoms with Crippen molar-refractivity contribution in [2.24, 2.45) is 5.92 Å². The van der Waals surface area contributed by atoms with Crippen molar-refractivity contribution in [2.45, 2.75) is 37.5 Å². The molecule has 286 valence electrons. The van der Waals surface area contributed by atoms with Gasteiger partial charge in [-0.2, -0.15) is 0 Å². The zero-order valence-corrected chi connectivity index (χ0v) is 31.2. The molecule has 0 aliphatic carbocycles. The summed E-state index contributed by atoms with van der Waals surface area (Å²) < 4.78 is 36.5. The minimum absolute atomic E-state index is 0. The number of halogens is 3. The van der Waals surface area contributed by atoms with Gasteiger partial charge in [0.15, 0.2) is 29.9 Å². The minimum atomic E-state index is -0.961. The average Bonchev–Trinajstić information content (AvgIpc) is 3.17. The quantitative estimate of drug-likeness (QED) is 0.149. The Hall–Kier alpha value is -4.95. The molecule has 1 aromatic heterocycles. The SMILES string of the molecule is COc1ccc(C(Cc2c(Cl)c[nH+]cc2Cl)OC(=O)CNC(=O)c2cccc(NC(C(=O)O[C@H]3CN4CCC3CC4)c3ccc(F)cc3)c2)cc1OC.[OH-]. The summed E-state index contributed by atoms with van der Waals surface area (Å²) in [6.07, 6.45) is 4.15. The van der Waals surface area contributed by atoms with Gasteiger partial charge in [-0.15, -0.1) is 0 Å². The van der Waals surface area contributed by atoms with Gasteiger partial charge in [-0.1, -0.05) is 47.5 Å². The number of esters is 2. The number of benzene rings is 3. The molecule has 0 spiro atoms. The number of hydrogen-bond acceptors (Lipinski definition) is 10. The maximum Gasteiger partial charge on any atom is 0.333 e. The van der Waals surface area contributed by atoms with Gasteiger partial charge >= 0.3 is 11.9 Å². The fourth-order valence-corrected chi connectivity index (χ4v) is 7.24. The molecular formula is C39H41Cl2FN4O8. The van der Waals surface area contributed by atoms with Crippen molar-refractivity contribution < 1.29 is 48.2 Å². The van der Waals surface area contributed by atoms with E-state index in [1.54, 1.807) is 54.9 Å². The van der Waals surface area contributed by atoms with Crippen molar-refractivity contribution in [3.63, 3.8) is 0 Å². The molecule has 4 heterocycles. The third-order valence-electron chi connectivity index (χ3n) is 9.57. The number of rotatable bonds is 14. The first-order valence-corrected chi connectivity index (χ1v) is 18.0. The molecule has 3 aliphatic heterocycles. The maximum absolute atomic E-state index is 13.8. The van der Waals surface area contributed by atoms with Crippen molar-refractivity contribution in [1.29, 1.82) is 0 Å². The Kier molecular flexibility index (Phi) is 13.7. The Morgan fingerprint density at radius 1 is 0.926 bits per heavy atom. The lowest BCUT2D eigenvalue weighted by Crippen LogP contribution is -2.52. The molecule has 3 saturated heterocycles. The van der Waals surface area contributed by atoms with Crippen molar-refractivity contribution in [2.75, 3.05) is 45.7 Å². The summed E-state index contributed by atoms with van der Waals surface area (Å²) in [5.74, 6) is -0.963. The Balaban J connectivity index is 0.00000561. The van der Waals surface area contributed by atoms with E-state index in [1.165, 1.54) is 38.5 Å². The second kappa shape index (κ2) is 18.4. The van der Waals surface area contributed by atoms with Gasteiger partial charge in [0.05, 0.1) is 14.2 Å². The number of amides is 1. The van der Waals surface area contributed by atoms with Crippen LogP contribution in [0.25, 0.3) is 0 Å². The number of carbonyl (C=O) groups is 3. The molecule has 4 aromatic rings. The Bertz CT molecular complexity index is 1920. The normalized spacial score (nSPS) is 18.4. The van der Waals surface area contributed by atoms with Crippen LogP contribution in [0.3, 0.4) is 0 Å². The van der Waals surface area contributed by atoms with E-state index in [1.807, 2.05) is 0 Å². The lowest BCUT2D eigenvalue weighted by atomic mass is 9.86. The number of methoxy groups -OCH3 is 2. The van der Waals surface area contributed by atoms with Crippen molar-refractivity contribution >= 4 is 46.7 Å². The lowest BCUT2D eigenvalue weighted by molar-refractivity contribution is -0.377. The first-order valence-electron chi connectivity index (χ1n) is 17.2. The molecule has 3 aromatic carbocycles. The highest BCUT2D eigenvalue weighted by Crippen LogP contribution is 2.35. The summed E-state index contributed by atoms with van der Waals surface area (Å²) in [5, 5.41) is 6.50. The van der Waals surface area contributed by atoms with E-state index in [0.29, 0.717) is 56.4 Å². The number of pyridine rings is 1. The number of fused-ring (bicyclic) bond motifs is 3. The summed E-state index contributed by atoms with van der Waals surface area (Å²) in [4.78, 5) is 45.3. The first-order chi connectivity index (χ1) is 25.6. The minimum Gasteiger partial charge on any atom is -0.870 e. The van der Waals surface area contributed by atoms with Gasteiger partial charge in [0, 0.05) is 29.8 Å². The molecular weight excluding hydrogens is 742 g/mol. The van der Waals surface area contributed by atoms with Crippen LogP contribution in [0.15, 0.2) is 79.1 Å². The standard InChI is InChI=1S/C39H39Cl2FN4O7.H2O/c1-50-32-11-8-25(17-34(32)51-2)33(18-29-30(40)19-43-20-31(29)41)52-36(47)21-44-38(48)26-4-3-5-28(16-26)45-37(24-6-9-27(42)10-7-24)39(49)53-35-22-46-14-12-23(35)13-15-46;/h3-11,16-17,19-20,23,33,35,37,45H,12-15,18,21-22H2,1-2H3,(H,44,48);1H2/t33?,35-,37?;/m0./s1. The highest BCUT2D eigenvalue weighted by atomic mass is 35.5. The van der Waals surface area contributed by atoms with Crippen LogP contribution in [0.4, 0.5) is 10.1 Å². The highest BCUT2D eigenvalue weighted by Gasteiger charge is 2.38. The van der Waals surface area contributed by atoms with Crippen molar-refractivity contribution in [1.82, 2.24) is 10.2 Å². The Morgan fingerprint density at radius 3 is 2.26 bits per heavy atom. The van der Waals surface area contributed by atoms with Crippen LogP contribution >= 0.6 is 23.2 Å². The topological polar surface area (TPSA) is 160 Å². The summed E-state index contributed by atoms with van der Waals surface area (Å²) in [6, 6.07) is 16.3. The average molecular weight is 784 g/mol. The molecule has 3 atom stereocenters. The monoisotopic (exact) mass is 782 g/mol. The number of aromatic nitrogens is 1. The lowest BCUT2D eigenvalue weighted by Gasteiger charge is -2.44. The van der Waals surface area contributed by atoms with Crippen LogP contribution in [-0.2, 0) is 25.5 Å². The Morgan fingerprint density at radius 2 is 1.61 bits per heavy atom. The molecule has 12 nitrogen and oxygen atoms in total. The smallest absolute Gasteiger partial charge is 0.333 e. The van der Waals surface area contributed by atoms with Crippen molar-refractivity contribution in [3.05, 3.63) is 117 Å². The van der Waals surface area contributed by atoms with Crippen LogP contribution in [0.1, 0.15) is 52.0 Å². The number of hydrogen-bond donors (Lipinski definition) is 2. The van der Waals surface area contributed by atoms with E-state index < -0.39 is 42.4 Å². The molecule has 54 heavy (non-hydrogen) atoms. The van der Waals surface area contributed by atoms with Gasteiger partial charge in [0.25, 0.3) is 5.91 Å². The van der Waals surface area contributed by atoms with Crippen molar-refractivity contribution in [3.8, 4) is 11.5 Å². The predicted molar refractivity (Wildman–Crippen MR) is 198 cm³/mol. The van der Waals surface area contributed by atoms with Gasteiger partial charge < -0.3 is 35.1 Å². The zero-order chi connectivity index (χ0) is 37.5. The van der Waals surface area contributed by atoms with Gasteiger partial charge in [-0.3, -0.25) is 14.5 Å². The largest absolute Gasteiger partial charge is 0.870 e. The number of anilines is 1. The second-order valence-electron chi connectivity index (χ2n) is 12.9. The summed E-state index contributed by atoms with van der Waals surface area (Å²) >= 11 is 12.9. The second-order valence-corrected chi connectivity index (χ2v) is 13.7. The van der Waals surface area contributed by atoms with E-state index in [4.69, 9.17) is 42.1 Å². The highest BCUT2D eigenvalue weighted by molar-refractivity contribution is 6.35. The van der Waals surface area contributed by atoms with Gasteiger partial charge in [-0.25, -0.2) is 14.2 Å². The number of aromatic amines is 1. The number of piperidine rings is 3. The molecule has 3 aliphatic rings. The van der Waals surface area contributed by atoms with E-state index in [9.17, 15) is 18.8 Å². The molecule has 15 heteroatoms. The van der Waals surface area contributed by atoms with Gasteiger partial charge in [0.2, 0.25) is 0 Å². The number of nitrogens with zero attached hydrogens (tertiary/aromatic N) is 1. The molecule has 3 fully saturated rings. The number of ether oxygens (including phenoxy) is 4. The zero-order valence-electron chi connectivity index (χ0n) is 29.7. The van der Waals surface area contributed by atoms with Crippen LogP contribution < -0.4 is 25.1 Å². The molecule has 4 N–H and O–H groups in total. The summed E-state index contributed by atoms with van der Waals surface area (Å²) in [6.45, 7) is 2.24. The van der Waals surface area contributed by atoms with Gasteiger partial charge in [0.1, 0.15) is 34.6 Å². The van der Waals surface area contributed by atoms with Crippen LogP contribution in [-0.4, -0.2) is 74.7 Å². The molecule has 0 saturated carbocycles. The fraction of sp³-hybridized carbons (Fsp3) is 0.333. The number of H-pyrrole nitrogens is 1. The third-order valence-corrected chi connectivity index (χ3v) is 10.2. The van der Waals surface area contributed by atoms with Gasteiger partial charge in [-0.05, 0) is 85.4 Å².